The van der Waals surface area contributed by atoms with Crippen LogP contribution in [0, 0.1) is 17.7 Å². The average Bonchev–Trinajstić information content (AvgIpc) is 2.38. The quantitative estimate of drug-likeness (QED) is 0.592. The Balaban J connectivity index is 2.25. The Morgan fingerprint density at radius 1 is 1.00 bits per heavy atom. The molecule has 88 valence electrons. The lowest BCUT2D eigenvalue weighted by molar-refractivity contribution is 0.514. The van der Waals surface area contributed by atoms with E-state index in [1.54, 1.807) is 42.5 Å². The fourth-order valence-electron chi connectivity index (χ4n) is 1.45. The maximum Gasteiger partial charge on any atom is 0.138 e. The summed E-state index contributed by atoms with van der Waals surface area (Å²) < 4.78 is 13.3. The van der Waals surface area contributed by atoms with Gasteiger partial charge < -0.3 is 5.11 Å². The zero-order valence-electron chi connectivity index (χ0n) is 9.65. The summed E-state index contributed by atoms with van der Waals surface area (Å²) >= 11 is 0. The van der Waals surface area contributed by atoms with Gasteiger partial charge in [0.05, 0.1) is 5.56 Å². The Labute approximate surface area is 105 Å². The summed E-state index contributed by atoms with van der Waals surface area (Å²) in [5.41, 5.74) is 1.77. The highest BCUT2D eigenvalue weighted by molar-refractivity contribution is 5.57. The van der Waals surface area contributed by atoms with E-state index in [9.17, 15) is 9.50 Å². The smallest absolute Gasteiger partial charge is 0.138 e. The van der Waals surface area contributed by atoms with Gasteiger partial charge in [-0.3, -0.25) is 0 Å². The molecule has 2 aromatic carbocycles. The maximum atomic E-state index is 13.3. The van der Waals surface area contributed by atoms with Crippen molar-refractivity contribution in [1.29, 1.82) is 0 Å². The molecule has 0 aliphatic rings. The number of halogens is 1. The summed E-state index contributed by atoms with van der Waals surface area (Å²) in [6.45, 7) is 3.43. The third kappa shape index (κ3) is 2.78. The van der Waals surface area contributed by atoms with Gasteiger partial charge in [-0.2, -0.15) is 0 Å². The number of aliphatic hydroxyl groups is 1. The zero-order chi connectivity index (χ0) is 13.0. The van der Waals surface area contributed by atoms with Crippen molar-refractivity contribution < 1.29 is 9.50 Å². The average molecular weight is 238 g/mol. The number of rotatable bonds is 1. The van der Waals surface area contributed by atoms with E-state index in [0.29, 0.717) is 11.1 Å². The maximum absolute atomic E-state index is 13.3. The number of aliphatic hydroxyl groups excluding tert-OH is 1. The molecule has 0 aromatic heterocycles. The Morgan fingerprint density at radius 2 is 1.67 bits per heavy atom. The van der Waals surface area contributed by atoms with Crippen LogP contribution in [0.2, 0.25) is 0 Å². The standard InChI is InChI=1S/C16H11FO/c1-12(18)14-9-6-13(7-10-14)8-11-15-4-2-3-5-16(15)17/h2-7,9-10,18H,1H2. The van der Waals surface area contributed by atoms with E-state index >= 15 is 0 Å². The van der Waals surface area contributed by atoms with Crippen LogP contribution in [-0.4, -0.2) is 5.11 Å². The van der Waals surface area contributed by atoms with Gasteiger partial charge in [0.25, 0.3) is 0 Å². The van der Waals surface area contributed by atoms with Crippen molar-refractivity contribution >= 4 is 5.76 Å². The predicted molar refractivity (Wildman–Crippen MR) is 70.5 cm³/mol. The van der Waals surface area contributed by atoms with Crippen molar-refractivity contribution in [3.8, 4) is 11.8 Å². The highest BCUT2D eigenvalue weighted by atomic mass is 19.1. The van der Waals surface area contributed by atoms with E-state index in [2.05, 4.69) is 18.4 Å². The molecule has 0 spiro atoms. The molecule has 0 fully saturated rings. The van der Waals surface area contributed by atoms with Crippen LogP contribution in [0.3, 0.4) is 0 Å². The van der Waals surface area contributed by atoms with Crippen molar-refractivity contribution in [1.82, 2.24) is 0 Å². The van der Waals surface area contributed by atoms with Gasteiger partial charge in [-0.25, -0.2) is 4.39 Å². The highest BCUT2D eigenvalue weighted by Crippen LogP contribution is 2.10. The summed E-state index contributed by atoms with van der Waals surface area (Å²) in [5, 5.41) is 9.18. The molecule has 18 heavy (non-hydrogen) atoms. The van der Waals surface area contributed by atoms with Crippen LogP contribution in [0.1, 0.15) is 16.7 Å². The number of hydrogen-bond donors (Lipinski definition) is 1. The minimum absolute atomic E-state index is 0.0172. The molecule has 0 saturated heterocycles. The molecule has 2 heteroatoms. The molecule has 0 aliphatic carbocycles. The summed E-state index contributed by atoms with van der Waals surface area (Å²) in [6.07, 6.45) is 0. The second-order valence-electron chi connectivity index (χ2n) is 3.75. The van der Waals surface area contributed by atoms with Crippen molar-refractivity contribution in [3.63, 3.8) is 0 Å². The van der Waals surface area contributed by atoms with Crippen molar-refractivity contribution in [3.05, 3.63) is 77.6 Å². The molecule has 2 rings (SSSR count). The summed E-state index contributed by atoms with van der Waals surface area (Å²) in [6, 6.07) is 13.3. The van der Waals surface area contributed by atoms with Crippen LogP contribution in [0.4, 0.5) is 4.39 Å². The Morgan fingerprint density at radius 3 is 2.28 bits per heavy atom. The lowest BCUT2D eigenvalue weighted by Crippen LogP contribution is -1.83. The zero-order valence-corrected chi connectivity index (χ0v) is 9.65. The number of hydrogen-bond acceptors (Lipinski definition) is 1. The molecule has 0 saturated carbocycles. The topological polar surface area (TPSA) is 20.2 Å². The summed E-state index contributed by atoms with van der Waals surface area (Å²) in [5.74, 6) is 5.32. The van der Waals surface area contributed by atoms with E-state index in [1.807, 2.05) is 0 Å². The Bertz CT molecular complexity index is 630. The molecule has 0 amide bonds. The SMILES string of the molecule is C=C(O)c1ccc(C#Cc2ccccc2F)cc1. The monoisotopic (exact) mass is 238 g/mol. The first-order valence-electron chi connectivity index (χ1n) is 5.41. The third-order valence-electron chi connectivity index (χ3n) is 2.43. The van der Waals surface area contributed by atoms with Crippen LogP contribution in [0.5, 0.6) is 0 Å². The van der Waals surface area contributed by atoms with Gasteiger partial charge in [0.15, 0.2) is 0 Å². The van der Waals surface area contributed by atoms with E-state index in [4.69, 9.17) is 0 Å². The lowest BCUT2D eigenvalue weighted by atomic mass is 10.1. The first-order valence-corrected chi connectivity index (χ1v) is 5.41. The van der Waals surface area contributed by atoms with Gasteiger partial charge >= 0.3 is 0 Å². The molecular weight excluding hydrogens is 227 g/mol. The fraction of sp³-hybridized carbons (Fsp3) is 0. The minimum atomic E-state index is -0.328. The van der Waals surface area contributed by atoms with E-state index in [-0.39, 0.29) is 11.6 Å². The first-order chi connectivity index (χ1) is 8.66. The normalized spacial score (nSPS) is 9.39. The van der Waals surface area contributed by atoms with E-state index in [0.717, 1.165) is 5.56 Å². The molecule has 1 nitrogen and oxygen atoms in total. The molecule has 1 N–H and O–H groups in total. The van der Waals surface area contributed by atoms with Crippen molar-refractivity contribution in [2.24, 2.45) is 0 Å². The van der Waals surface area contributed by atoms with Crippen molar-refractivity contribution in [2.75, 3.05) is 0 Å². The number of benzene rings is 2. The highest BCUT2D eigenvalue weighted by Gasteiger charge is 1.96. The predicted octanol–water partition coefficient (Wildman–Crippen LogP) is 3.75. The van der Waals surface area contributed by atoms with Gasteiger partial charge in [0, 0.05) is 11.1 Å². The first kappa shape index (κ1) is 11.9. The summed E-state index contributed by atoms with van der Waals surface area (Å²) in [7, 11) is 0. The van der Waals surface area contributed by atoms with E-state index in [1.165, 1.54) is 6.07 Å². The third-order valence-corrected chi connectivity index (χ3v) is 2.43. The molecule has 0 unspecified atom stereocenters. The van der Waals surface area contributed by atoms with Crippen LogP contribution >= 0.6 is 0 Å². The second kappa shape index (κ2) is 5.20. The van der Waals surface area contributed by atoms with Crippen LogP contribution in [0.15, 0.2) is 55.1 Å². The Hall–Kier alpha value is -2.53. The molecular formula is C16H11FO. The van der Waals surface area contributed by atoms with Gasteiger partial charge in [0.1, 0.15) is 11.6 Å². The minimum Gasteiger partial charge on any atom is -0.508 e. The van der Waals surface area contributed by atoms with Crippen LogP contribution in [0.25, 0.3) is 5.76 Å². The van der Waals surface area contributed by atoms with Gasteiger partial charge in [-0.15, -0.1) is 0 Å². The largest absolute Gasteiger partial charge is 0.508 e. The summed E-state index contributed by atoms with van der Waals surface area (Å²) in [4.78, 5) is 0. The van der Waals surface area contributed by atoms with Crippen LogP contribution < -0.4 is 0 Å². The molecule has 0 atom stereocenters. The molecule has 0 aliphatic heterocycles. The van der Waals surface area contributed by atoms with Crippen molar-refractivity contribution in [2.45, 2.75) is 0 Å². The Kier molecular flexibility index (Phi) is 3.45. The second-order valence-corrected chi connectivity index (χ2v) is 3.75. The van der Waals surface area contributed by atoms with Gasteiger partial charge in [-0.05, 0) is 24.3 Å². The van der Waals surface area contributed by atoms with Crippen LogP contribution in [-0.2, 0) is 0 Å². The molecule has 0 heterocycles. The molecule has 0 radical (unpaired) electrons. The molecule has 2 aromatic rings. The lowest BCUT2D eigenvalue weighted by Gasteiger charge is -1.97. The van der Waals surface area contributed by atoms with Gasteiger partial charge in [0.2, 0.25) is 0 Å². The van der Waals surface area contributed by atoms with E-state index < -0.39 is 0 Å². The fourth-order valence-corrected chi connectivity index (χ4v) is 1.45. The molecule has 0 bridgehead atoms. The van der Waals surface area contributed by atoms with Gasteiger partial charge in [-0.1, -0.05) is 42.7 Å².